The number of benzene rings is 1. The molecule has 1 aliphatic carbocycles. The van der Waals surface area contributed by atoms with Crippen LogP contribution >= 0.6 is 0 Å². The molecular weight excluding hydrogens is 338 g/mol. The number of hydrogen-bond donors (Lipinski definition) is 1. The molecule has 3 aromatic rings. The Bertz CT molecular complexity index is 1080. The van der Waals surface area contributed by atoms with Gasteiger partial charge in [-0.05, 0) is 31.9 Å². The molecule has 2 aromatic heterocycles. The maximum atomic E-state index is 12.7. The molecule has 1 aliphatic rings. The van der Waals surface area contributed by atoms with Crippen molar-refractivity contribution >= 4 is 33.9 Å². The zero-order valence-corrected chi connectivity index (χ0v) is 14.1. The van der Waals surface area contributed by atoms with Crippen LogP contribution in [-0.4, -0.2) is 43.5 Å². The van der Waals surface area contributed by atoms with Gasteiger partial charge in [-0.3, -0.25) is 14.2 Å². The van der Waals surface area contributed by atoms with Crippen LogP contribution in [0, 0.1) is 0 Å². The summed E-state index contributed by atoms with van der Waals surface area (Å²) in [4.78, 5) is 42.2. The molecule has 26 heavy (non-hydrogen) atoms. The quantitative estimate of drug-likeness (QED) is 0.745. The van der Waals surface area contributed by atoms with Crippen molar-refractivity contribution in [3.05, 3.63) is 40.9 Å². The molecule has 8 heteroatoms. The molecule has 2 heterocycles. The van der Waals surface area contributed by atoms with E-state index in [2.05, 4.69) is 4.98 Å². The van der Waals surface area contributed by atoms with E-state index in [4.69, 9.17) is 4.42 Å². The first-order valence-electron chi connectivity index (χ1n) is 8.38. The number of carbonyl (C=O) groups is 2. The highest BCUT2D eigenvalue weighted by molar-refractivity contribution is 6.01. The summed E-state index contributed by atoms with van der Waals surface area (Å²) in [5.41, 5.74) is 0.631. The van der Waals surface area contributed by atoms with Crippen LogP contribution in [0.2, 0.25) is 0 Å². The molecule has 0 bridgehead atoms. The minimum absolute atomic E-state index is 0.0767. The average molecular weight is 355 g/mol. The Labute approximate surface area is 147 Å². The normalized spacial score (nSPS) is 15.3. The van der Waals surface area contributed by atoms with Gasteiger partial charge in [-0.2, -0.15) is 0 Å². The predicted octanol–water partition coefficient (Wildman–Crippen LogP) is 1.61. The number of carboxylic acid groups (broad SMARTS) is 1. The van der Waals surface area contributed by atoms with Crippen LogP contribution in [0.5, 0.6) is 0 Å². The van der Waals surface area contributed by atoms with Crippen LogP contribution in [0.3, 0.4) is 0 Å². The summed E-state index contributed by atoms with van der Waals surface area (Å²) < 4.78 is 6.76. The molecule has 0 saturated heterocycles. The summed E-state index contributed by atoms with van der Waals surface area (Å²) in [6.45, 7) is 1.20. The van der Waals surface area contributed by atoms with Gasteiger partial charge in [0.15, 0.2) is 0 Å². The lowest BCUT2D eigenvalue weighted by molar-refractivity contribution is -0.150. The Balaban J connectivity index is 1.69. The Morgan fingerprint density at radius 2 is 2.12 bits per heavy atom. The first-order chi connectivity index (χ1) is 12.5. The molecule has 1 saturated carbocycles. The van der Waals surface area contributed by atoms with Gasteiger partial charge in [0.2, 0.25) is 11.5 Å². The number of furan rings is 1. The van der Waals surface area contributed by atoms with Gasteiger partial charge in [0.1, 0.15) is 23.7 Å². The van der Waals surface area contributed by atoms with Crippen LogP contribution in [0.15, 0.2) is 39.8 Å². The fourth-order valence-corrected chi connectivity index (χ4v) is 3.16. The van der Waals surface area contributed by atoms with Crippen molar-refractivity contribution in [2.75, 3.05) is 0 Å². The largest absolute Gasteiger partial charge is 0.480 e. The topological polar surface area (TPSA) is 106 Å². The molecule has 4 rings (SSSR count). The Morgan fingerprint density at radius 1 is 1.38 bits per heavy atom. The minimum Gasteiger partial charge on any atom is -0.480 e. The number of para-hydroxylation sites is 1. The first-order valence-corrected chi connectivity index (χ1v) is 8.38. The third-order valence-electron chi connectivity index (χ3n) is 4.66. The van der Waals surface area contributed by atoms with Crippen LogP contribution in [0.4, 0.5) is 0 Å². The average Bonchev–Trinajstić information content (AvgIpc) is 3.37. The standard InChI is InChI=1S/C18H17N3O5/c1-10(18(24)25)21(11-6-7-11)14(22)8-20-9-19-15-12-4-2-3-5-13(12)26-16(15)17(20)23/h2-5,9-11H,6-8H2,1H3,(H,24,25). The fraction of sp³-hybridized carbons (Fsp3) is 0.333. The lowest BCUT2D eigenvalue weighted by Gasteiger charge is -2.26. The molecule has 1 aromatic carbocycles. The summed E-state index contributed by atoms with van der Waals surface area (Å²) in [6.07, 6.45) is 2.86. The van der Waals surface area contributed by atoms with Crippen LogP contribution < -0.4 is 5.56 Å². The molecule has 1 N–H and O–H groups in total. The van der Waals surface area contributed by atoms with E-state index in [9.17, 15) is 19.5 Å². The van der Waals surface area contributed by atoms with Gasteiger partial charge >= 0.3 is 5.97 Å². The Morgan fingerprint density at radius 3 is 2.81 bits per heavy atom. The summed E-state index contributed by atoms with van der Waals surface area (Å²) >= 11 is 0. The lowest BCUT2D eigenvalue weighted by Crippen LogP contribution is -2.46. The van der Waals surface area contributed by atoms with Gasteiger partial charge in [0.05, 0.1) is 6.33 Å². The maximum Gasteiger partial charge on any atom is 0.326 e. The lowest BCUT2D eigenvalue weighted by atomic mass is 10.2. The van der Waals surface area contributed by atoms with E-state index in [0.29, 0.717) is 11.1 Å². The van der Waals surface area contributed by atoms with E-state index in [-0.39, 0.29) is 18.2 Å². The van der Waals surface area contributed by atoms with Crippen LogP contribution in [-0.2, 0) is 16.1 Å². The molecule has 1 atom stereocenters. The second-order valence-corrected chi connectivity index (χ2v) is 6.50. The number of amides is 1. The van der Waals surface area contributed by atoms with E-state index >= 15 is 0 Å². The smallest absolute Gasteiger partial charge is 0.326 e. The summed E-state index contributed by atoms with van der Waals surface area (Å²) in [6, 6.07) is 6.17. The van der Waals surface area contributed by atoms with E-state index < -0.39 is 23.5 Å². The molecule has 1 amide bonds. The van der Waals surface area contributed by atoms with Crippen molar-refractivity contribution < 1.29 is 19.1 Å². The van der Waals surface area contributed by atoms with Crippen molar-refractivity contribution in [2.45, 2.75) is 38.4 Å². The monoisotopic (exact) mass is 355 g/mol. The number of carboxylic acids is 1. The number of fused-ring (bicyclic) bond motifs is 3. The van der Waals surface area contributed by atoms with E-state index in [1.165, 1.54) is 18.2 Å². The van der Waals surface area contributed by atoms with Gasteiger partial charge in [0, 0.05) is 11.4 Å². The summed E-state index contributed by atoms with van der Waals surface area (Å²) in [5.74, 6) is -1.48. The number of rotatable bonds is 5. The number of aromatic nitrogens is 2. The fourth-order valence-electron chi connectivity index (χ4n) is 3.16. The predicted molar refractivity (Wildman–Crippen MR) is 92.7 cm³/mol. The minimum atomic E-state index is -1.07. The van der Waals surface area contributed by atoms with Gasteiger partial charge in [0.25, 0.3) is 5.56 Å². The molecule has 0 radical (unpaired) electrons. The van der Waals surface area contributed by atoms with Gasteiger partial charge in [-0.15, -0.1) is 0 Å². The van der Waals surface area contributed by atoms with Crippen LogP contribution in [0.25, 0.3) is 22.1 Å². The number of nitrogens with zero attached hydrogens (tertiary/aromatic N) is 3. The first kappa shape index (κ1) is 16.3. The van der Waals surface area contributed by atoms with Crippen molar-refractivity contribution in [3.63, 3.8) is 0 Å². The second-order valence-electron chi connectivity index (χ2n) is 6.50. The highest BCUT2D eigenvalue weighted by Crippen LogP contribution is 2.29. The summed E-state index contributed by atoms with van der Waals surface area (Å²) in [5, 5.41) is 9.96. The molecule has 0 aliphatic heterocycles. The van der Waals surface area contributed by atoms with Crippen molar-refractivity contribution in [1.29, 1.82) is 0 Å². The molecular formula is C18H17N3O5. The number of hydrogen-bond acceptors (Lipinski definition) is 5. The highest BCUT2D eigenvalue weighted by atomic mass is 16.4. The molecule has 0 spiro atoms. The third kappa shape index (κ3) is 2.63. The zero-order chi connectivity index (χ0) is 18.4. The van der Waals surface area contributed by atoms with Crippen molar-refractivity contribution in [3.8, 4) is 0 Å². The van der Waals surface area contributed by atoms with E-state index in [1.54, 1.807) is 12.1 Å². The molecule has 1 unspecified atom stereocenters. The van der Waals surface area contributed by atoms with Crippen LogP contribution in [0.1, 0.15) is 19.8 Å². The molecule has 134 valence electrons. The van der Waals surface area contributed by atoms with Gasteiger partial charge in [-0.1, -0.05) is 12.1 Å². The van der Waals surface area contributed by atoms with Gasteiger partial charge < -0.3 is 14.4 Å². The van der Waals surface area contributed by atoms with Crippen molar-refractivity contribution in [1.82, 2.24) is 14.5 Å². The SMILES string of the molecule is CC(C(=O)O)N(C(=O)Cn1cnc2c(oc3ccccc32)c1=O)C1CC1. The maximum absolute atomic E-state index is 12.7. The third-order valence-corrected chi connectivity index (χ3v) is 4.66. The van der Waals surface area contributed by atoms with Gasteiger partial charge in [-0.25, -0.2) is 9.78 Å². The summed E-state index contributed by atoms with van der Waals surface area (Å²) in [7, 11) is 0. The van der Waals surface area contributed by atoms with E-state index in [1.807, 2.05) is 12.1 Å². The highest BCUT2D eigenvalue weighted by Gasteiger charge is 2.38. The van der Waals surface area contributed by atoms with E-state index in [0.717, 1.165) is 22.8 Å². The molecule has 1 fully saturated rings. The Hall–Kier alpha value is -3.16. The van der Waals surface area contributed by atoms with Crippen molar-refractivity contribution in [2.24, 2.45) is 0 Å². The Kier molecular flexibility index (Phi) is 3.75. The molecule has 8 nitrogen and oxygen atoms in total. The number of aliphatic carboxylic acids is 1. The second kappa shape index (κ2) is 5.98. The zero-order valence-electron chi connectivity index (χ0n) is 14.1. The number of carbonyl (C=O) groups excluding carboxylic acids is 1.